The van der Waals surface area contributed by atoms with Crippen LogP contribution in [-0.2, 0) is 5.41 Å². The first-order valence-corrected chi connectivity index (χ1v) is 17.3. The third-order valence-corrected chi connectivity index (χ3v) is 11.9. The van der Waals surface area contributed by atoms with Gasteiger partial charge in [0.05, 0.1) is 11.6 Å². The molecular weight excluding hydrogens is 585 g/mol. The Morgan fingerprint density at radius 1 is 0.500 bits per heavy atom. The molecule has 230 valence electrons. The topological polar surface area (TPSA) is 62.5 Å². The van der Waals surface area contributed by atoms with Crippen molar-refractivity contribution in [1.82, 2.24) is 15.0 Å². The van der Waals surface area contributed by atoms with Crippen LogP contribution in [0.4, 0.5) is 0 Å². The molecule has 1 spiro atoms. The summed E-state index contributed by atoms with van der Waals surface area (Å²) in [5, 5.41) is 9.81. The quantitative estimate of drug-likeness (QED) is 0.197. The number of nitrogens with zero attached hydrogens (tertiary/aromatic N) is 4. The number of nitriles is 1. The molecule has 11 rings (SSSR count). The first-order valence-electron chi connectivity index (χ1n) is 17.3. The van der Waals surface area contributed by atoms with E-state index in [1.807, 2.05) is 48.5 Å². The lowest BCUT2D eigenvalue weighted by molar-refractivity contribution is -0.0397. The zero-order valence-corrected chi connectivity index (χ0v) is 26.7. The Bertz CT molecular complexity index is 2180. The molecule has 1 aromatic heterocycles. The Morgan fingerprint density at radius 2 is 1.06 bits per heavy atom. The molecule has 5 aliphatic rings. The summed E-state index contributed by atoms with van der Waals surface area (Å²) in [5.74, 6) is 4.97. The van der Waals surface area contributed by atoms with Gasteiger partial charge in [0, 0.05) is 22.1 Å². The molecule has 4 nitrogen and oxygen atoms in total. The van der Waals surface area contributed by atoms with Crippen molar-refractivity contribution in [3.63, 3.8) is 0 Å². The van der Waals surface area contributed by atoms with Crippen LogP contribution in [0.1, 0.15) is 48.8 Å². The molecule has 4 fully saturated rings. The van der Waals surface area contributed by atoms with E-state index >= 15 is 0 Å². The second kappa shape index (κ2) is 10.6. The van der Waals surface area contributed by atoms with Crippen LogP contribution in [0.25, 0.3) is 56.4 Å². The van der Waals surface area contributed by atoms with E-state index in [0.29, 0.717) is 34.9 Å². The fourth-order valence-corrected chi connectivity index (χ4v) is 10.3. The van der Waals surface area contributed by atoms with Crippen LogP contribution >= 0.6 is 0 Å². The highest BCUT2D eigenvalue weighted by atomic mass is 15.0. The Balaban J connectivity index is 1.20. The van der Waals surface area contributed by atoms with Gasteiger partial charge in [-0.1, -0.05) is 103 Å². The molecule has 48 heavy (non-hydrogen) atoms. The SMILES string of the molecule is N#Cc1cccc(-c2cccc3c2C2(c4cc(-c5nc(-c6ccccc6)nc(-c6ccccc6)n5)ccc4-3)C3CC4CC(C3)CC2C4)c1. The van der Waals surface area contributed by atoms with Crippen molar-refractivity contribution in [1.29, 1.82) is 5.26 Å². The summed E-state index contributed by atoms with van der Waals surface area (Å²) in [4.78, 5) is 15.2. The molecule has 0 saturated heterocycles. The van der Waals surface area contributed by atoms with Crippen LogP contribution in [0.5, 0.6) is 0 Å². The van der Waals surface area contributed by atoms with Crippen molar-refractivity contribution in [2.24, 2.45) is 23.7 Å². The summed E-state index contributed by atoms with van der Waals surface area (Å²) in [6.07, 6.45) is 6.59. The third kappa shape index (κ3) is 4.04. The largest absolute Gasteiger partial charge is 0.208 e. The minimum Gasteiger partial charge on any atom is -0.208 e. The molecular formula is C44H34N4. The van der Waals surface area contributed by atoms with E-state index in [1.165, 1.54) is 59.9 Å². The van der Waals surface area contributed by atoms with Crippen LogP contribution in [0.3, 0.4) is 0 Å². The molecule has 1 heterocycles. The van der Waals surface area contributed by atoms with E-state index in [-0.39, 0.29) is 5.41 Å². The second-order valence-corrected chi connectivity index (χ2v) is 14.4. The highest BCUT2D eigenvalue weighted by molar-refractivity contribution is 5.90. The average molecular weight is 619 g/mol. The van der Waals surface area contributed by atoms with E-state index in [2.05, 4.69) is 78.9 Å². The van der Waals surface area contributed by atoms with Gasteiger partial charge in [-0.25, -0.2) is 15.0 Å². The molecule has 0 unspecified atom stereocenters. The Labute approximate surface area is 281 Å². The maximum absolute atomic E-state index is 9.81. The molecule has 6 aromatic rings. The van der Waals surface area contributed by atoms with Crippen molar-refractivity contribution in [2.75, 3.05) is 0 Å². The van der Waals surface area contributed by atoms with Crippen molar-refractivity contribution in [3.8, 4) is 62.5 Å². The Hall–Kier alpha value is -5.40. The third-order valence-electron chi connectivity index (χ3n) is 11.9. The molecule has 0 N–H and O–H groups in total. The molecule has 4 heteroatoms. The molecule has 4 bridgehead atoms. The maximum Gasteiger partial charge on any atom is 0.164 e. The maximum atomic E-state index is 9.81. The van der Waals surface area contributed by atoms with E-state index in [1.54, 1.807) is 0 Å². The normalized spacial score (nSPS) is 24.3. The van der Waals surface area contributed by atoms with E-state index in [0.717, 1.165) is 34.1 Å². The molecule has 4 saturated carbocycles. The molecule has 0 atom stereocenters. The lowest BCUT2D eigenvalue weighted by Gasteiger charge is -2.61. The summed E-state index contributed by atoms with van der Waals surface area (Å²) in [5.41, 5.74) is 11.7. The number of hydrogen-bond acceptors (Lipinski definition) is 4. The van der Waals surface area contributed by atoms with Gasteiger partial charge < -0.3 is 0 Å². The lowest BCUT2D eigenvalue weighted by Crippen LogP contribution is -2.55. The van der Waals surface area contributed by atoms with Gasteiger partial charge in [-0.05, 0) is 107 Å². The van der Waals surface area contributed by atoms with Crippen molar-refractivity contribution in [2.45, 2.75) is 37.5 Å². The minimum atomic E-state index is -0.0646. The lowest BCUT2D eigenvalue weighted by atomic mass is 9.42. The van der Waals surface area contributed by atoms with Crippen LogP contribution in [0, 0.1) is 35.0 Å². The Morgan fingerprint density at radius 3 is 1.69 bits per heavy atom. The molecule has 5 aliphatic carbocycles. The van der Waals surface area contributed by atoms with Gasteiger partial charge in [0.25, 0.3) is 0 Å². The predicted octanol–water partition coefficient (Wildman–Crippen LogP) is 10.1. The standard InChI is InChI=1S/C44H34N4/c45-26-27-9-7-14-32(20-27)36-15-8-16-38-37-18-17-33(25-39(37)44(40(36)38)34-21-28-19-29(23-34)24-35(44)22-28)43-47-41(30-10-3-1-4-11-30)46-42(48-43)31-12-5-2-6-13-31/h1-18,20,25,28-29,34-35H,19,21-24H2. The fourth-order valence-electron chi connectivity index (χ4n) is 10.3. The smallest absolute Gasteiger partial charge is 0.164 e. The highest BCUT2D eigenvalue weighted by Crippen LogP contribution is 2.70. The van der Waals surface area contributed by atoms with Crippen molar-refractivity contribution < 1.29 is 0 Å². The van der Waals surface area contributed by atoms with E-state index in [9.17, 15) is 5.26 Å². The van der Waals surface area contributed by atoms with Crippen LogP contribution in [-0.4, -0.2) is 15.0 Å². The first-order chi connectivity index (χ1) is 23.7. The van der Waals surface area contributed by atoms with Gasteiger partial charge in [0.2, 0.25) is 0 Å². The number of hydrogen-bond donors (Lipinski definition) is 0. The van der Waals surface area contributed by atoms with Gasteiger partial charge >= 0.3 is 0 Å². The van der Waals surface area contributed by atoms with E-state index < -0.39 is 0 Å². The molecule has 5 aromatic carbocycles. The number of aromatic nitrogens is 3. The van der Waals surface area contributed by atoms with Crippen molar-refractivity contribution in [3.05, 3.63) is 138 Å². The summed E-state index contributed by atoms with van der Waals surface area (Å²) < 4.78 is 0. The van der Waals surface area contributed by atoms with E-state index in [4.69, 9.17) is 15.0 Å². The zero-order valence-electron chi connectivity index (χ0n) is 26.7. The predicted molar refractivity (Wildman–Crippen MR) is 190 cm³/mol. The van der Waals surface area contributed by atoms with Gasteiger partial charge in [0.1, 0.15) is 0 Å². The number of fused-ring (bicyclic) bond motifs is 3. The second-order valence-electron chi connectivity index (χ2n) is 14.4. The van der Waals surface area contributed by atoms with Gasteiger partial charge in [-0.15, -0.1) is 0 Å². The number of benzene rings is 5. The molecule has 0 amide bonds. The molecule has 0 aliphatic heterocycles. The zero-order chi connectivity index (χ0) is 31.8. The minimum absolute atomic E-state index is 0.0646. The van der Waals surface area contributed by atoms with Gasteiger partial charge in [-0.3, -0.25) is 0 Å². The monoisotopic (exact) mass is 618 g/mol. The van der Waals surface area contributed by atoms with Crippen LogP contribution in [0.2, 0.25) is 0 Å². The van der Waals surface area contributed by atoms with Crippen LogP contribution < -0.4 is 0 Å². The molecule has 0 radical (unpaired) electrons. The summed E-state index contributed by atoms with van der Waals surface area (Å²) >= 11 is 0. The Kier molecular flexibility index (Phi) is 6.09. The fraction of sp³-hybridized carbons (Fsp3) is 0.227. The average Bonchev–Trinajstić information content (AvgIpc) is 3.44. The van der Waals surface area contributed by atoms with Crippen LogP contribution in [0.15, 0.2) is 121 Å². The van der Waals surface area contributed by atoms with Gasteiger partial charge in [-0.2, -0.15) is 5.26 Å². The summed E-state index contributed by atoms with van der Waals surface area (Å²) in [7, 11) is 0. The number of rotatable bonds is 4. The highest BCUT2D eigenvalue weighted by Gasteiger charge is 2.62. The first kappa shape index (κ1) is 27.7. The summed E-state index contributed by atoms with van der Waals surface area (Å²) in [6.45, 7) is 0. The van der Waals surface area contributed by atoms with Crippen molar-refractivity contribution >= 4 is 0 Å². The summed E-state index contributed by atoms with van der Waals surface area (Å²) in [6, 6.07) is 44.9. The van der Waals surface area contributed by atoms with Gasteiger partial charge in [0.15, 0.2) is 17.5 Å².